The first-order chi connectivity index (χ1) is 12.9. The van der Waals surface area contributed by atoms with Crippen LogP contribution in [0.1, 0.15) is 6.23 Å². The molecule has 2 aliphatic heterocycles. The largest absolute Gasteiger partial charge is 0.472 e. The molecule has 0 radical (unpaired) electrons. The number of benzene rings is 1. The van der Waals surface area contributed by atoms with Crippen molar-refractivity contribution in [3.63, 3.8) is 0 Å². The van der Waals surface area contributed by atoms with Gasteiger partial charge in [0.25, 0.3) is 5.56 Å². The van der Waals surface area contributed by atoms with Crippen LogP contribution in [0.3, 0.4) is 0 Å². The maximum Gasteiger partial charge on any atom is 0.472 e. The number of aromatic nitrogens is 1. The first kappa shape index (κ1) is 18.8. The molecule has 2 aliphatic rings. The Hall–Kier alpha value is -1.58. The molecular formula is C17H20NO8P. The number of fused-ring (bicyclic) bond motifs is 3. The van der Waals surface area contributed by atoms with Crippen molar-refractivity contribution in [1.29, 1.82) is 0 Å². The van der Waals surface area contributed by atoms with Gasteiger partial charge in [0, 0.05) is 25.8 Å². The third kappa shape index (κ3) is 3.05. The van der Waals surface area contributed by atoms with E-state index in [1.54, 1.807) is 24.4 Å². The summed E-state index contributed by atoms with van der Waals surface area (Å²) in [5.74, 6) is 0. The maximum atomic E-state index is 12.9. The highest BCUT2D eigenvalue weighted by molar-refractivity contribution is 7.47. The van der Waals surface area contributed by atoms with E-state index in [4.69, 9.17) is 18.7 Å². The van der Waals surface area contributed by atoms with Gasteiger partial charge in [0.2, 0.25) is 0 Å². The number of pyridine rings is 1. The first-order valence-electron chi connectivity index (χ1n) is 8.36. The van der Waals surface area contributed by atoms with E-state index in [0.717, 1.165) is 12.5 Å². The molecule has 2 aromatic rings. The van der Waals surface area contributed by atoms with Gasteiger partial charge in [-0.05, 0) is 17.5 Å². The van der Waals surface area contributed by atoms with E-state index in [0.29, 0.717) is 5.39 Å². The minimum atomic E-state index is -4.30. The molecule has 1 aromatic carbocycles. The van der Waals surface area contributed by atoms with E-state index in [9.17, 15) is 14.3 Å². The van der Waals surface area contributed by atoms with Crippen molar-refractivity contribution in [2.45, 2.75) is 24.0 Å². The topological polar surface area (TPSA) is 105 Å². The lowest BCUT2D eigenvalue weighted by molar-refractivity contribution is -0.190. The van der Waals surface area contributed by atoms with Crippen LogP contribution >= 0.6 is 7.82 Å². The Morgan fingerprint density at radius 2 is 2.11 bits per heavy atom. The Labute approximate surface area is 155 Å². The predicted octanol–water partition coefficient (Wildman–Crippen LogP) is 1.45. The summed E-state index contributed by atoms with van der Waals surface area (Å²) >= 11 is 0. The Bertz CT molecular complexity index is 961. The van der Waals surface area contributed by atoms with Gasteiger partial charge in [-0.3, -0.25) is 18.4 Å². The number of nitrogens with zero attached hydrogens (tertiary/aromatic N) is 1. The van der Waals surface area contributed by atoms with Gasteiger partial charge in [-0.25, -0.2) is 4.57 Å². The predicted molar refractivity (Wildman–Crippen MR) is 94.4 cm³/mol. The van der Waals surface area contributed by atoms with Crippen molar-refractivity contribution in [3.05, 3.63) is 46.9 Å². The Balaban J connectivity index is 1.75. The van der Waals surface area contributed by atoms with Crippen molar-refractivity contribution >= 4 is 18.6 Å². The Kier molecular flexibility index (Phi) is 4.72. The van der Waals surface area contributed by atoms with Crippen molar-refractivity contribution in [1.82, 2.24) is 4.57 Å². The third-order valence-electron chi connectivity index (χ3n) is 4.95. The van der Waals surface area contributed by atoms with Crippen LogP contribution < -0.4 is 5.56 Å². The lowest BCUT2D eigenvalue weighted by Gasteiger charge is -2.31. The van der Waals surface area contributed by atoms with Crippen molar-refractivity contribution in [2.24, 2.45) is 0 Å². The molecule has 9 nitrogen and oxygen atoms in total. The van der Waals surface area contributed by atoms with Gasteiger partial charge in [-0.2, -0.15) is 0 Å². The van der Waals surface area contributed by atoms with E-state index in [1.165, 1.54) is 11.7 Å². The van der Waals surface area contributed by atoms with Crippen LogP contribution in [-0.4, -0.2) is 54.7 Å². The molecule has 3 unspecified atom stereocenters. The molecule has 0 saturated carbocycles. The molecule has 5 atom stereocenters. The monoisotopic (exact) mass is 397 g/mol. The quantitative estimate of drug-likeness (QED) is 0.731. The molecule has 0 spiro atoms. The van der Waals surface area contributed by atoms with Gasteiger partial charge in [0.15, 0.2) is 6.23 Å². The fourth-order valence-electron chi connectivity index (χ4n) is 3.71. The maximum absolute atomic E-state index is 12.9. The molecule has 27 heavy (non-hydrogen) atoms. The van der Waals surface area contributed by atoms with Crippen LogP contribution in [0.25, 0.3) is 10.8 Å². The summed E-state index contributed by atoms with van der Waals surface area (Å²) in [4.78, 5) is 22.7. The van der Waals surface area contributed by atoms with Gasteiger partial charge in [0.05, 0.1) is 13.2 Å². The molecule has 4 rings (SSSR count). The zero-order valence-electron chi connectivity index (χ0n) is 14.8. The van der Waals surface area contributed by atoms with Gasteiger partial charge >= 0.3 is 7.82 Å². The summed E-state index contributed by atoms with van der Waals surface area (Å²) < 4.78 is 40.3. The average Bonchev–Trinajstić information content (AvgIpc) is 3.13. The number of phosphoric ester groups is 1. The summed E-state index contributed by atoms with van der Waals surface area (Å²) in [5, 5.41) is 1.34. The van der Waals surface area contributed by atoms with Gasteiger partial charge in [-0.1, -0.05) is 18.2 Å². The smallest absolute Gasteiger partial charge is 0.381 e. The summed E-state index contributed by atoms with van der Waals surface area (Å²) in [6.45, 7) is 0.176. The number of hydrogen-bond donors (Lipinski definition) is 1. The summed E-state index contributed by atoms with van der Waals surface area (Å²) in [7, 11) is -1.74. The van der Waals surface area contributed by atoms with Crippen LogP contribution in [0.15, 0.2) is 41.3 Å². The van der Waals surface area contributed by atoms with Gasteiger partial charge < -0.3 is 19.1 Å². The average molecular weight is 397 g/mol. The lowest BCUT2D eigenvalue weighted by atomic mass is 10.0. The summed E-state index contributed by atoms with van der Waals surface area (Å²) in [5.41, 5.74) is -1.37. The molecule has 0 aliphatic carbocycles. The highest BCUT2D eigenvalue weighted by Crippen LogP contribution is 2.54. The fourth-order valence-corrected chi connectivity index (χ4v) is 4.40. The van der Waals surface area contributed by atoms with Crippen molar-refractivity contribution < 1.29 is 32.7 Å². The summed E-state index contributed by atoms with van der Waals surface area (Å²) in [6.07, 6.45) is -0.912. The van der Waals surface area contributed by atoms with E-state index in [1.807, 2.05) is 12.1 Å². The second-order valence-electron chi connectivity index (χ2n) is 6.57. The molecule has 2 saturated heterocycles. The SMILES string of the molecule is COCC12CO[C@H](C(n3ccc4ccccc4c3=O)O1)[C@H]2OP(=O)(O)OC. The number of ether oxygens (including phenoxy) is 3. The second kappa shape index (κ2) is 6.79. The molecule has 1 aromatic heterocycles. The second-order valence-corrected chi connectivity index (χ2v) is 8.09. The highest BCUT2D eigenvalue weighted by Gasteiger charge is 2.64. The zero-order chi connectivity index (χ0) is 19.2. The van der Waals surface area contributed by atoms with Crippen molar-refractivity contribution in [3.8, 4) is 0 Å². The molecule has 2 bridgehead atoms. The molecule has 2 fully saturated rings. The highest BCUT2D eigenvalue weighted by atomic mass is 31.2. The van der Waals surface area contributed by atoms with Gasteiger partial charge in [-0.15, -0.1) is 0 Å². The fraction of sp³-hybridized carbons (Fsp3) is 0.471. The number of hydrogen-bond acceptors (Lipinski definition) is 7. The Morgan fingerprint density at radius 1 is 1.33 bits per heavy atom. The molecule has 146 valence electrons. The number of phosphoric acid groups is 1. The van der Waals surface area contributed by atoms with E-state index >= 15 is 0 Å². The molecular weight excluding hydrogens is 377 g/mol. The zero-order valence-corrected chi connectivity index (χ0v) is 15.7. The minimum Gasteiger partial charge on any atom is -0.381 e. The number of methoxy groups -OCH3 is 1. The molecule has 1 N–H and O–H groups in total. The van der Waals surface area contributed by atoms with Crippen LogP contribution in [0, 0.1) is 0 Å². The normalized spacial score (nSPS) is 32.0. The van der Waals surface area contributed by atoms with E-state index in [2.05, 4.69) is 4.52 Å². The minimum absolute atomic E-state index is 0.0662. The molecule has 10 heteroatoms. The van der Waals surface area contributed by atoms with Crippen LogP contribution in [0.2, 0.25) is 0 Å². The summed E-state index contributed by atoms with van der Waals surface area (Å²) in [6, 6.07) is 9.01. The third-order valence-corrected chi connectivity index (χ3v) is 5.91. The lowest BCUT2D eigenvalue weighted by Crippen LogP contribution is -2.45. The van der Waals surface area contributed by atoms with Crippen molar-refractivity contribution in [2.75, 3.05) is 27.4 Å². The van der Waals surface area contributed by atoms with Gasteiger partial charge in [0.1, 0.15) is 17.8 Å². The van der Waals surface area contributed by atoms with E-state index in [-0.39, 0.29) is 18.8 Å². The Morgan fingerprint density at radius 3 is 2.85 bits per heavy atom. The van der Waals surface area contributed by atoms with Crippen LogP contribution in [-0.2, 0) is 27.8 Å². The molecule has 3 heterocycles. The van der Waals surface area contributed by atoms with Crippen LogP contribution in [0.5, 0.6) is 0 Å². The number of rotatable bonds is 6. The molecule has 0 amide bonds. The standard InChI is InChI=1S/C17H20NO8P/c1-22-9-17-10-24-13(14(17)26-27(20,21)23-2)16(25-17)18-8-7-11-5-3-4-6-12(11)15(18)19/h3-8,13-14,16H,9-10H2,1-2H3,(H,20,21)/t13-,14+,16?,17?/m0/s1. The first-order valence-corrected chi connectivity index (χ1v) is 9.85. The van der Waals surface area contributed by atoms with Crippen LogP contribution in [0.4, 0.5) is 0 Å². The van der Waals surface area contributed by atoms with E-state index < -0.39 is 31.9 Å².